The van der Waals surface area contributed by atoms with Crippen LogP contribution in [0.5, 0.6) is 0 Å². The molecule has 0 saturated heterocycles. The van der Waals surface area contributed by atoms with Crippen LogP contribution < -0.4 is 11.1 Å². The smallest absolute Gasteiger partial charge is 0.251 e. The lowest BCUT2D eigenvalue weighted by atomic mass is 10.1. The molecule has 144 valence electrons. The van der Waals surface area contributed by atoms with Gasteiger partial charge in [0.25, 0.3) is 5.91 Å². The number of amides is 1. The summed E-state index contributed by atoms with van der Waals surface area (Å²) in [4.78, 5) is 23.7. The molecule has 28 heavy (non-hydrogen) atoms. The monoisotopic (exact) mass is 397 g/mol. The first-order chi connectivity index (χ1) is 13.2. The average Bonchev–Trinajstić information content (AvgIpc) is 3.20. The lowest BCUT2D eigenvalue weighted by Gasteiger charge is -2.19. The minimum Gasteiger partial charge on any atom is -0.383 e. The maximum atomic E-state index is 11.9. The van der Waals surface area contributed by atoms with Crippen LogP contribution in [-0.4, -0.2) is 37.7 Å². The number of aromatic nitrogens is 5. The van der Waals surface area contributed by atoms with Gasteiger partial charge < -0.3 is 16.0 Å². The normalized spacial score (nSPS) is 12.0. The summed E-state index contributed by atoms with van der Waals surface area (Å²) in [5.41, 5.74) is 8.93. The highest BCUT2D eigenvalue weighted by atomic mass is 35.5. The topological polar surface area (TPSA) is 115 Å². The van der Waals surface area contributed by atoms with Gasteiger partial charge in [-0.15, -0.1) is 0 Å². The van der Waals surface area contributed by atoms with Crippen LogP contribution in [0.15, 0.2) is 24.5 Å². The van der Waals surface area contributed by atoms with Gasteiger partial charge in [0.15, 0.2) is 5.65 Å². The molecule has 0 aliphatic carbocycles. The molecule has 1 amide bonds. The molecule has 0 aliphatic heterocycles. The van der Waals surface area contributed by atoms with Crippen molar-refractivity contribution in [3.63, 3.8) is 0 Å². The zero-order chi connectivity index (χ0) is 20.2. The zero-order valence-electron chi connectivity index (χ0n) is 16.0. The van der Waals surface area contributed by atoms with Crippen molar-refractivity contribution < 1.29 is 4.79 Å². The molecule has 0 fully saturated rings. The van der Waals surface area contributed by atoms with Gasteiger partial charge in [-0.1, -0.05) is 17.7 Å². The Balaban J connectivity index is 2.02. The number of hydrogen-bond donors (Lipinski definition) is 3. The second kappa shape index (κ2) is 6.20. The van der Waals surface area contributed by atoms with E-state index in [1.165, 1.54) is 6.33 Å². The number of nitrogens with one attached hydrogen (secondary N) is 2. The van der Waals surface area contributed by atoms with E-state index in [1.54, 1.807) is 19.2 Å². The summed E-state index contributed by atoms with van der Waals surface area (Å²) in [6, 6.07) is 5.30. The van der Waals surface area contributed by atoms with E-state index in [4.69, 9.17) is 22.4 Å². The maximum Gasteiger partial charge on any atom is 0.251 e. The number of carbonyl (C=O) groups excluding carboxylic acids is 1. The van der Waals surface area contributed by atoms with Gasteiger partial charge >= 0.3 is 0 Å². The lowest BCUT2D eigenvalue weighted by molar-refractivity contribution is 0.0963. The molecule has 0 spiro atoms. The molecule has 0 unspecified atom stereocenters. The fourth-order valence-electron chi connectivity index (χ4n) is 3.23. The molecule has 0 aliphatic rings. The summed E-state index contributed by atoms with van der Waals surface area (Å²) in [5.74, 6) is 0.158. The molecular weight excluding hydrogens is 378 g/mol. The average molecular weight is 398 g/mol. The second-order valence-electron chi connectivity index (χ2n) is 7.54. The summed E-state index contributed by atoms with van der Waals surface area (Å²) in [7, 11) is 1.59. The Hall–Kier alpha value is -3.13. The number of halogens is 1. The Morgan fingerprint density at radius 3 is 2.71 bits per heavy atom. The van der Waals surface area contributed by atoms with Crippen LogP contribution in [0.4, 0.5) is 5.82 Å². The predicted octanol–water partition coefficient (Wildman–Crippen LogP) is 3.32. The predicted molar refractivity (Wildman–Crippen MR) is 110 cm³/mol. The number of nitrogens with two attached hydrogens (primary N) is 1. The van der Waals surface area contributed by atoms with Crippen molar-refractivity contribution in [2.75, 3.05) is 12.8 Å². The van der Waals surface area contributed by atoms with Crippen LogP contribution in [0, 0.1) is 0 Å². The van der Waals surface area contributed by atoms with Crippen molar-refractivity contribution in [1.82, 2.24) is 30.0 Å². The maximum absolute atomic E-state index is 11.9. The number of anilines is 1. The molecule has 1 aromatic carbocycles. The van der Waals surface area contributed by atoms with Gasteiger partial charge in [-0.2, -0.15) is 5.10 Å². The van der Waals surface area contributed by atoms with Crippen LogP contribution in [0.25, 0.3) is 33.3 Å². The highest BCUT2D eigenvalue weighted by Crippen LogP contribution is 2.39. The summed E-state index contributed by atoms with van der Waals surface area (Å²) in [6.07, 6.45) is 1.42. The summed E-state index contributed by atoms with van der Waals surface area (Å²) in [6.45, 7) is 6.10. The molecule has 4 aromatic rings. The molecule has 3 heterocycles. The van der Waals surface area contributed by atoms with Gasteiger partial charge in [-0.05, 0) is 32.9 Å². The summed E-state index contributed by atoms with van der Waals surface area (Å²) >= 11 is 6.67. The van der Waals surface area contributed by atoms with E-state index < -0.39 is 0 Å². The van der Waals surface area contributed by atoms with E-state index in [0.717, 1.165) is 10.9 Å². The van der Waals surface area contributed by atoms with E-state index in [1.807, 2.05) is 31.5 Å². The molecule has 8 nitrogen and oxygen atoms in total. The number of fused-ring (bicyclic) bond motifs is 2. The first-order valence-electron chi connectivity index (χ1n) is 8.75. The van der Waals surface area contributed by atoms with Gasteiger partial charge in [-0.3, -0.25) is 4.79 Å². The first-order valence-corrected chi connectivity index (χ1v) is 9.13. The number of H-pyrrole nitrogens is 1. The van der Waals surface area contributed by atoms with Gasteiger partial charge in [0.05, 0.1) is 21.6 Å². The molecular formula is C19H20ClN7O. The number of hydrogen-bond acceptors (Lipinski definition) is 5. The largest absolute Gasteiger partial charge is 0.383 e. The number of carbonyl (C=O) groups is 1. The Bertz CT molecular complexity index is 1230. The quantitative estimate of drug-likeness (QED) is 0.480. The standard InChI is InChI=1S/C19H20ClN7O/c1-19(2,3)27-17-12(16(21)23-8-24-17)14(26-27)15-13(20)10-6-5-9(18(28)22-4)7-11(10)25-15/h5-8,25H,1-4H3,(H,22,28)(H2,21,23,24). The van der Waals surface area contributed by atoms with Crippen LogP contribution in [0.2, 0.25) is 5.02 Å². The summed E-state index contributed by atoms with van der Waals surface area (Å²) < 4.78 is 1.81. The van der Waals surface area contributed by atoms with E-state index in [0.29, 0.717) is 38.8 Å². The van der Waals surface area contributed by atoms with Crippen LogP contribution >= 0.6 is 11.6 Å². The third kappa shape index (κ3) is 2.68. The van der Waals surface area contributed by atoms with Crippen LogP contribution in [0.3, 0.4) is 0 Å². The van der Waals surface area contributed by atoms with E-state index in [9.17, 15) is 4.79 Å². The zero-order valence-corrected chi connectivity index (χ0v) is 16.7. The Morgan fingerprint density at radius 2 is 2.04 bits per heavy atom. The number of nitrogen functional groups attached to an aromatic ring is 1. The molecule has 0 bridgehead atoms. The molecule has 0 radical (unpaired) electrons. The number of rotatable bonds is 2. The second-order valence-corrected chi connectivity index (χ2v) is 7.92. The van der Waals surface area contributed by atoms with E-state index in [2.05, 4.69) is 20.3 Å². The molecule has 4 rings (SSSR count). The van der Waals surface area contributed by atoms with E-state index in [-0.39, 0.29) is 11.4 Å². The Morgan fingerprint density at radius 1 is 1.29 bits per heavy atom. The van der Waals surface area contributed by atoms with Gasteiger partial charge in [-0.25, -0.2) is 14.6 Å². The van der Waals surface area contributed by atoms with Crippen LogP contribution in [0.1, 0.15) is 31.1 Å². The number of nitrogens with zero attached hydrogens (tertiary/aromatic N) is 4. The lowest BCUT2D eigenvalue weighted by Crippen LogP contribution is -2.23. The van der Waals surface area contributed by atoms with Gasteiger partial charge in [0.2, 0.25) is 0 Å². The molecule has 4 N–H and O–H groups in total. The molecule has 0 atom stereocenters. The third-order valence-electron chi connectivity index (χ3n) is 4.59. The van der Waals surface area contributed by atoms with Crippen molar-refractivity contribution in [3.05, 3.63) is 35.1 Å². The fourth-order valence-corrected chi connectivity index (χ4v) is 3.53. The first kappa shape index (κ1) is 18.2. The highest BCUT2D eigenvalue weighted by Gasteiger charge is 2.26. The van der Waals surface area contributed by atoms with Gasteiger partial charge in [0.1, 0.15) is 17.8 Å². The van der Waals surface area contributed by atoms with Crippen molar-refractivity contribution in [2.24, 2.45) is 0 Å². The number of aromatic amines is 1. The SMILES string of the molecule is CNC(=O)c1ccc2c(Cl)c(-c3nn(C(C)(C)C)c4ncnc(N)c34)[nH]c2c1. The molecule has 0 saturated carbocycles. The van der Waals surface area contributed by atoms with Gasteiger partial charge in [0, 0.05) is 23.5 Å². The highest BCUT2D eigenvalue weighted by molar-refractivity contribution is 6.38. The van der Waals surface area contributed by atoms with Crippen molar-refractivity contribution in [1.29, 1.82) is 0 Å². The molecule has 3 aromatic heterocycles. The minimum absolute atomic E-state index is 0.172. The molecule has 9 heteroatoms. The number of benzene rings is 1. The Labute approximate surface area is 166 Å². The van der Waals surface area contributed by atoms with Crippen molar-refractivity contribution in [3.8, 4) is 11.4 Å². The fraction of sp³-hybridized carbons (Fsp3) is 0.263. The summed E-state index contributed by atoms with van der Waals surface area (Å²) in [5, 5.41) is 9.31. The van der Waals surface area contributed by atoms with Crippen molar-refractivity contribution in [2.45, 2.75) is 26.3 Å². The van der Waals surface area contributed by atoms with Crippen LogP contribution in [-0.2, 0) is 5.54 Å². The van der Waals surface area contributed by atoms with E-state index >= 15 is 0 Å². The third-order valence-corrected chi connectivity index (χ3v) is 4.98. The van der Waals surface area contributed by atoms with Crippen molar-refractivity contribution >= 4 is 45.3 Å². The Kier molecular flexibility index (Phi) is 4.04. The minimum atomic E-state index is -0.317.